The van der Waals surface area contributed by atoms with E-state index in [-0.39, 0.29) is 55.4 Å². The number of nitrogens with one attached hydrogen (secondary N) is 4. The van der Waals surface area contributed by atoms with E-state index in [0.717, 1.165) is 19.3 Å². The fourth-order valence-electron chi connectivity index (χ4n) is 3.32. The number of amides is 4. The molecule has 0 saturated carbocycles. The number of hydrogen-bond acceptors (Lipinski definition) is 8. The van der Waals surface area contributed by atoms with Gasteiger partial charge in [-0.25, -0.2) is 0 Å². The number of Topliss-reactive ketones (excluding diaryl/α,β-unsaturated/α-hetero) is 1. The van der Waals surface area contributed by atoms with Gasteiger partial charge in [-0.05, 0) is 37.1 Å². The van der Waals surface area contributed by atoms with Crippen molar-refractivity contribution in [3.63, 3.8) is 0 Å². The minimum Gasteiger partial charge on any atom is -0.389 e. The zero-order chi connectivity index (χ0) is 28.7. The van der Waals surface area contributed by atoms with Crippen LogP contribution in [0.15, 0.2) is 24.3 Å². The molecule has 218 valence electrons. The number of aliphatic hydroxyl groups is 1. The van der Waals surface area contributed by atoms with Gasteiger partial charge in [-0.15, -0.1) is 0 Å². The zero-order valence-electron chi connectivity index (χ0n) is 22.7. The summed E-state index contributed by atoms with van der Waals surface area (Å²) in [7, 11) is 1.54. The fourth-order valence-corrected chi connectivity index (χ4v) is 3.32. The predicted molar refractivity (Wildman–Crippen MR) is 145 cm³/mol. The van der Waals surface area contributed by atoms with Crippen molar-refractivity contribution in [2.24, 2.45) is 0 Å². The van der Waals surface area contributed by atoms with E-state index in [0.29, 0.717) is 56.9 Å². The van der Waals surface area contributed by atoms with E-state index >= 15 is 0 Å². The lowest BCUT2D eigenvalue weighted by Crippen LogP contribution is -2.29. The smallest absolute Gasteiger partial charge is 0.251 e. The number of carbonyl (C=O) groups is 5. The minimum absolute atomic E-state index is 0.110. The van der Waals surface area contributed by atoms with Crippen LogP contribution in [0.5, 0.6) is 0 Å². The number of hydrogen-bond donors (Lipinski definition) is 5. The Labute approximate surface area is 229 Å². The number of aliphatic hydroxyl groups excluding tert-OH is 1. The molecule has 5 N–H and O–H groups in total. The molecule has 0 bridgehead atoms. The van der Waals surface area contributed by atoms with Gasteiger partial charge in [0.2, 0.25) is 17.7 Å². The average molecular weight is 551 g/mol. The molecule has 12 nitrogen and oxygen atoms in total. The number of ether oxygens (including phenoxy) is 2. The first-order chi connectivity index (χ1) is 18.8. The maximum Gasteiger partial charge on any atom is 0.251 e. The highest BCUT2D eigenvalue weighted by Crippen LogP contribution is 2.12. The molecular weight excluding hydrogens is 508 g/mol. The first-order valence-corrected chi connectivity index (χ1v) is 13.3. The van der Waals surface area contributed by atoms with Gasteiger partial charge < -0.3 is 35.8 Å². The first-order valence-electron chi connectivity index (χ1n) is 13.3. The van der Waals surface area contributed by atoms with E-state index in [1.165, 1.54) is 0 Å². The number of anilines is 1. The monoisotopic (exact) mass is 550 g/mol. The molecule has 0 aromatic heterocycles. The number of unbranched alkanes of at least 4 members (excludes halogenated alkanes) is 3. The third kappa shape index (κ3) is 17.7. The van der Waals surface area contributed by atoms with Crippen LogP contribution in [0.1, 0.15) is 61.7 Å². The molecule has 12 heteroatoms. The van der Waals surface area contributed by atoms with Crippen LogP contribution in [0.4, 0.5) is 5.69 Å². The van der Waals surface area contributed by atoms with Crippen molar-refractivity contribution in [2.45, 2.75) is 51.4 Å². The van der Waals surface area contributed by atoms with Crippen LogP contribution in [0.2, 0.25) is 0 Å². The molecule has 0 radical (unpaired) electrons. The topological polar surface area (TPSA) is 172 Å². The van der Waals surface area contributed by atoms with Crippen molar-refractivity contribution in [2.75, 3.05) is 58.5 Å². The molecule has 0 aliphatic heterocycles. The standard InChI is InChI=1S/C27H42N4O8/c1-28-24(34)12-14-29-25(35)13-16-38-18-19-39-17-15-30-27(37)21-8-10-22(11-9-21)31-26(36)7-5-3-2-4-6-23(33)20-32/h8-11,32H,2-7,12-20H2,1H3,(H,28,34)(H,29,35)(H,30,37)(H,31,36). The molecule has 0 aliphatic carbocycles. The second-order valence-corrected chi connectivity index (χ2v) is 8.74. The molecule has 0 heterocycles. The summed E-state index contributed by atoms with van der Waals surface area (Å²) in [5.74, 6) is -0.843. The summed E-state index contributed by atoms with van der Waals surface area (Å²) >= 11 is 0. The lowest BCUT2D eigenvalue weighted by molar-refractivity contribution is -0.123. The second-order valence-electron chi connectivity index (χ2n) is 8.74. The molecule has 1 aromatic rings. The van der Waals surface area contributed by atoms with Crippen molar-refractivity contribution in [1.29, 1.82) is 0 Å². The van der Waals surface area contributed by atoms with E-state index in [1.807, 2.05) is 0 Å². The third-order valence-electron chi connectivity index (χ3n) is 5.55. The third-order valence-corrected chi connectivity index (χ3v) is 5.55. The second kappa shape index (κ2) is 21.6. The number of carbonyl (C=O) groups excluding carboxylic acids is 5. The van der Waals surface area contributed by atoms with Gasteiger partial charge in [0, 0.05) is 57.1 Å². The van der Waals surface area contributed by atoms with Crippen LogP contribution in [0.3, 0.4) is 0 Å². The van der Waals surface area contributed by atoms with Gasteiger partial charge in [0.1, 0.15) is 6.61 Å². The molecule has 0 fully saturated rings. The van der Waals surface area contributed by atoms with Crippen molar-refractivity contribution in [3.8, 4) is 0 Å². The quantitative estimate of drug-likeness (QED) is 0.133. The van der Waals surface area contributed by atoms with Gasteiger partial charge in [0.25, 0.3) is 5.91 Å². The Hall–Kier alpha value is -3.35. The Morgan fingerprint density at radius 2 is 1.36 bits per heavy atom. The summed E-state index contributed by atoms with van der Waals surface area (Å²) in [5.41, 5.74) is 1.07. The van der Waals surface area contributed by atoms with Crippen molar-refractivity contribution >= 4 is 35.1 Å². The van der Waals surface area contributed by atoms with Crippen molar-refractivity contribution < 1.29 is 38.6 Å². The fraction of sp³-hybridized carbons (Fsp3) is 0.593. The van der Waals surface area contributed by atoms with Crippen LogP contribution < -0.4 is 21.3 Å². The molecule has 39 heavy (non-hydrogen) atoms. The van der Waals surface area contributed by atoms with Gasteiger partial charge >= 0.3 is 0 Å². The molecule has 4 amide bonds. The largest absolute Gasteiger partial charge is 0.389 e. The van der Waals surface area contributed by atoms with E-state index in [9.17, 15) is 24.0 Å². The van der Waals surface area contributed by atoms with E-state index in [1.54, 1.807) is 31.3 Å². The van der Waals surface area contributed by atoms with Gasteiger partial charge in [-0.2, -0.15) is 0 Å². The molecule has 1 aromatic carbocycles. The maximum atomic E-state index is 12.3. The van der Waals surface area contributed by atoms with Crippen LogP contribution in [0, 0.1) is 0 Å². The summed E-state index contributed by atoms with van der Waals surface area (Å²) in [4.78, 5) is 58.0. The Bertz CT molecular complexity index is 892. The van der Waals surface area contributed by atoms with Gasteiger partial charge in [0.15, 0.2) is 5.78 Å². The van der Waals surface area contributed by atoms with Gasteiger partial charge in [0.05, 0.1) is 26.4 Å². The molecule has 0 saturated heterocycles. The molecule has 0 aliphatic rings. The van der Waals surface area contributed by atoms with Gasteiger partial charge in [-0.1, -0.05) is 12.8 Å². The highest BCUT2D eigenvalue weighted by atomic mass is 16.5. The summed E-state index contributed by atoms with van der Waals surface area (Å²) in [6.07, 6.45) is 4.28. The highest BCUT2D eigenvalue weighted by Gasteiger charge is 2.07. The lowest BCUT2D eigenvalue weighted by atomic mass is 10.1. The van der Waals surface area contributed by atoms with Gasteiger partial charge in [-0.3, -0.25) is 24.0 Å². The SMILES string of the molecule is CNC(=O)CCNC(=O)CCOCCOCCNC(=O)c1ccc(NC(=O)CCCCCCC(=O)CO)cc1. The number of ketones is 1. The van der Waals surface area contributed by atoms with Crippen molar-refractivity contribution in [1.82, 2.24) is 16.0 Å². The van der Waals surface area contributed by atoms with E-state index < -0.39 is 6.61 Å². The average Bonchev–Trinajstić information content (AvgIpc) is 2.93. The summed E-state index contributed by atoms with van der Waals surface area (Å²) < 4.78 is 10.7. The first kappa shape index (κ1) is 33.7. The Balaban J connectivity index is 2.06. The van der Waals surface area contributed by atoms with Crippen LogP contribution >= 0.6 is 0 Å². The van der Waals surface area contributed by atoms with Crippen LogP contribution in [-0.2, 0) is 28.7 Å². The Morgan fingerprint density at radius 3 is 2.03 bits per heavy atom. The summed E-state index contributed by atoms with van der Waals surface area (Å²) in [6.45, 7) is 1.39. The molecule has 0 atom stereocenters. The summed E-state index contributed by atoms with van der Waals surface area (Å²) in [6, 6.07) is 6.60. The van der Waals surface area contributed by atoms with Crippen LogP contribution in [-0.4, -0.2) is 87.7 Å². The Morgan fingerprint density at radius 1 is 0.692 bits per heavy atom. The number of benzene rings is 1. The molecular formula is C27H42N4O8. The zero-order valence-corrected chi connectivity index (χ0v) is 22.7. The van der Waals surface area contributed by atoms with Crippen molar-refractivity contribution in [3.05, 3.63) is 29.8 Å². The molecule has 1 rings (SSSR count). The highest BCUT2D eigenvalue weighted by molar-refractivity contribution is 5.95. The van der Waals surface area contributed by atoms with E-state index in [2.05, 4.69) is 21.3 Å². The lowest BCUT2D eigenvalue weighted by Gasteiger charge is -2.09. The predicted octanol–water partition coefficient (Wildman–Crippen LogP) is 0.933. The van der Waals surface area contributed by atoms with Crippen LogP contribution in [0.25, 0.3) is 0 Å². The van der Waals surface area contributed by atoms with E-state index in [4.69, 9.17) is 14.6 Å². The minimum atomic E-state index is -0.414. The normalized spacial score (nSPS) is 10.5. The Kier molecular flexibility index (Phi) is 18.6. The molecule has 0 unspecified atom stereocenters. The number of rotatable bonds is 22. The molecule has 0 spiro atoms. The maximum absolute atomic E-state index is 12.3. The summed E-state index contributed by atoms with van der Waals surface area (Å²) in [5, 5.41) is 19.4.